The van der Waals surface area contributed by atoms with E-state index in [0.717, 1.165) is 48.1 Å². The summed E-state index contributed by atoms with van der Waals surface area (Å²) in [6, 6.07) is 12.3. The van der Waals surface area contributed by atoms with Crippen LogP contribution in [-0.4, -0.2) is 62.6 Å². The Balaban J connectivity index is 1.23. The second-order valence-electron chi connectivity index (χ2n) is 9.29. The molecule has 1 aromatic carbocycles. The molecule has 5 rings (SSSR count). The maximum absolute atomic E-state index is 13.5. The van der Waals surface area contributed by atoms with Crippen LogP contribution in [0.15, 0.2) is 36.4 Å². The molecule has 3 aromatic rings. The van der Waals surface area contributed by atoms with Gasteiger partial charge in [-0.3, -0.25) is 14.3 Å². The van der Waals surface area contributed by atoms with Gasteiger partial charge in [-0.15, -0.1) is 0 Å². The molecule has 2 aliphatic rings. The summed E-state index contributed by atoms with van der Waals surface area (Å²) < 4.78 is 1.78. The molecule has 0 bridgehead atoms. The molecule has 0 atom stereocenters. The third-order valence-electron chi connectivity index (χ3n) is 6.83. The van der Waals surface area contributed by atoms with Gasteiger partial charge in [0.1, 0.15) is 0 Å². The van der Waals surface area contributed by atoms with Crippen LogP contribution in [0.3, 0.4) is 0 Å². The van der Waals surface area contributed by atoms with Gasteiger partial charge in [0.15, 0.2) is 5.65 Å². The molecule has 1 saturated heterocycles. The fourth-order valence-corrected chi connectivity index (χ4v) is 4.80. The van der Waals surface area contributed by atoms with Gasteiger partial charge in [0, 0.05) is 51.3 Å². The van der Waals surface area contributed by atoms with Crippen LogP contribution in [0.2, 0.25) is 0 Å². The second-order valence-corrected chi connectivity index (χ2v) is 9.29. The normalized spacial score (nSPS) is 16.4. The molecule has 33 heavy (non-hydrogen) atoms. The zero-order valence-corrected chi connectivity index (χ0v) is 19.5. The van der Waals surface area contributed by atoms with Gasteiger partial charge >= 0.3 is 0 Å². The van der Waals surface area contributed by atoms with Crippen LogP contribution >= 0.6 is 0 Å². The Kier molecular flexibility index (Phi) is 5.87. The molecule has 0 N–H and O–H groups in total. The SMILES string of the molecule is Cc1nn(C)c2nc(C3CC3)cc(C(=O)N3CCN(C(=O)CCCc4ccccc4)CC3)c12. The molecule has 1 saturated carbocycles. The average Bonchev–Trinajstić information content (AvgIpc) is 3.65. The van der Waals surface area contributed by atoms with Gasteiger partial charge in [-0.1, -0.05) is 30.3 Å². The maximum Gasteiger partial charge on any atom is 0.254 e. The van der Waals surface area contributed by atoms with Gasteiger partial charge in [-0.25, -0.2) is 4.98 Å². The summed E-state index contributed by atoms with van der Waals surface area (Å²) in [5.41, 5.74) is 4.59. The van der Waals surface area contributed by atoms with E-state index in [-0.39, 0.29) is 11.8 Å². The van der Waals surface area contributed by atoms with Crippen molar-refractivity contribution in [3.8, 4) is 0 Å². The van der Waals surface area contributed by atoms with Gasteiger partial charge in [-0.05, 0) is 44.2 Å². The molecule has 1 aliphatic heterocycles. The minimum atomic E-state index is 0.0246. The molecule has 7 nitrogen and oxygen atoms in total. The van der Waals surface area contributed by atoms with Crippen molar-refractivity contribution in [2.75, 3.05) is 26.2 Å². The highest BCUT2D eigenvalue weighted by atomic mass is 16.2. The molecule has 0 radical (unpaired) electrons. The lowest BCUT2D eigenvalue weighted by molar-refractivity contribution is -0.132. The zero-order valence-electron chi connectivity index (χ0n) is 19.5. The highest BCUT2D eigenvalue weighted by molar-refractivity contribution is 6.06. The molecule has 3 heterocycles. The summed E-state index contributed by atoms with van der Waals surface area (Å²) in [5, 5.41) is 5.37. The van der Waals surface area contributed by atoms with E-state index in [2.05, 4.69) is 17.2 Å². The van der Waals surface area contributed by atoms with Crippen LogP contribution in [0.1, 0.15) is 58.9 Å². The van der Waals surface area contributed by atoms with E-state index in [0.29, 0.717) is 44.1 Å². The molecule has 172 valence electrons. The van der Waals surface area contributed by atoms with Crippen molar-refractivity contribution in [3.63, 3.8) is 0 Å². The van der Waals surface area contributed by atoms with E-state index in [1.807, 2.05) is 48.0 Å². The Bertz CT molecular complexity index is 1170. The second kappa shape index (κ2) is 8.96. The van der Waals surface area contributed by atoms with E-state index < -0.39 is 0 Å². The topological polar surface area (TPSA) is 71.3 Å². The van der Waals surface area contributed by atoms with Crippen LogP contribution in [0, 0.1) is 6.92 Å². The van der Waals surface area contributed by atoms with Gasteiger partial charge in [-0.2, -0.15) is 5.10 Å². The summed E-state index contributed by atoms with van der Waals surface area (Å²) in [6.07, 6.45) is 4.58. The van der Waals surface area contributed by atoms with Crippen LogP contribution < -0.4 is 0 Å². The molecule has 2 fully saturated rings. The van der Waals surface area contributed by atoms with Crippen molar-refractivity contribution in [1.29, 1.82) is 0 Å². The minimum Gasteiger partial charge on any atom is -0.339 e. The molecule has 0 spiro atoms. The highest BCUT2D eigenvalue weighted by Crippen LogP contribution is 2.40. The largest absolute Gasteiger partial charge is 0.339 e. The predicted octanol–water partition coefficient (Wildman–Crippen LogP) is 3.46. The summed E-state index contributed by atoms with van der Waals surface area (Å²) in [5.74, 6) is 0.668. The Labute approximate surface area is 194 Å². The number of pyridine rings is 1. The fourth-order valence-electron chi connectivity index (χ4n) is 4.80. The van der Waals surface area contributed by atoms with Gasteiger partial charge in [0.2, 0.25) is 5.91 Å². The average molecular weight is 446 g/mol. The summed E-state index contributed by atoms with van der Waals surface area (Å²) in [7, 11) is 1.88. The van der Waals surface area contributed by atoms with E-state index in [4.69, 9.17) is 4.98 Å². The number of fused-ring (bicyclic) bond motifs is 1. The van der Waals surface area contributed by atoms with E-state index >= 15 is 0 Å². The monoisotopic (exact) mass is 445 g/mol. The fraction of sp³-hybridized carbons (Fsp3) is 0.462. The van der Waals surface area contributed by atoms with Crippen LogP contribution in [0.5, 0.6) is 0 Å². The highest BCUT2D eigenvalue weighted by Gasteiger charge is 2.31. The third-order valence-corrected chi connectivity index (χ3v) is 6.83. The number of rotatable bonds is 6. The van der Waals surface area contributed by atoms with Crippen LogP contribution in [0.25, 0.3) is 11.0 Å². The van der Waals surface area contributed by atoms with Crippen molar-refractivity contribution in [2.45, 2.75) is 44.9 Å². The van der Waals surface area contributed by atoms with Crippen molar-refractivity contribution < 1.29 is 9.59 Å². The number of carbonyl (C=O) groups is 2. The summed E-state index contributed by atoms with van der Waals surface area (Å²) >= 11 is 0. The number of benzene rings is 1. The Morgan fingerprint density at radius 1 is 1.03 bits per heavy atom. The summed E-state index contributed by atoms with van der Waals surface area (Å²) in [6.45, 7) is 4.23. The predicted molar refractivity (Wildman–Crippen MR) is 127 cm³/mol. The number of aryl methyl sites for hydroxylation is 3. The Hall–Kier alpha value is -3.22. The smallest absolute Gasteiger partial charge is 0.254 e. The van der Waals surface area contributed by atoms with Gasteiger partial charge < -0.3 is 9.80 Å². The Morgan fingerprint density at radius 2 is 1.73 bits per heavy atom. The number of piperazine rings is 1. The lowest BCUT2D eigenvalue weighted by Gasteiger charge is -2.35. The minimum absolute atomic E-state index is 0.0246. The van der Waals surface area contributed by atoms with Gasteiger partial charge in [0.05, 0.1) is 16.6 Å². The third kappa shape index (κ3) is 4.49. The van der Waals surface area contributed by atoms with Crippen LogP contribution in [-0.2, 0) is 18.3 Å². The maximum atomic E-state index is 13.5. The number of carbonyl (C=O) groups excluding carboxylic acids is 2. The molecule has 1 aliphatic carbocycles. The molecule has 2 amide bonds. The molecular formula is C26H31N5O2. The number of aromatic nitrogens is 3. The number of amides is 2. The summed E-state index contributed by atoms with van der Waals surface area (Å²) in [4.78, 5) is 34.8. The molecule has 0 unspecified atom stereocenters. The quantitative estimate of drug-likeness (QED) is 0.583. The van der Waals surface area contributed by atoms with Gasteiger partial charge in [0.25, 0.3) is 5.91 Å². The van der Waals surface area contributed by atoms with E-state index in [1.54, 1.807) is 4.68 Å². The first-order valence-electron chi connectivity index (χ1n) is 12.0. The lowest BCUT2D eigenvalue weighted by atomic mass is 10.1. The van der Waals surface area contributed by atoms with Crippen molar-refractivity contribution >= 4 is 22.8 Å². The first-order chi connectivity index (χ1) is 16.0. The Morgan fingerprint density at radius 3 is 2.42 bits per heavy atom. The standard InChI is InChI=1S/C26H31N5O2/c1-18-24-21(17-22(20-11-12-20)27-25(24)29(2)28-18)26(33)31-15-13-30(14-16-31)23(32)10-6-9-19-7-4-3-5-8-19/h3-5,7-8,17,20H,6,9-16H2,1-2H3. The van der Waals surface area contributed by atoms with Crippen molar-refractivity contribution in [3.05, 3.63) is 58.9 Å². The molecule has 2 aromatic heterocycles. The first kappa shape index (κ1) is 21.6. The number of nitrogens with zero attached hydrogens (tertiary/aromatic N) is 5. The van der Waals surface area contributed by atoms with Crippen molar-refractivity contribution in [1.82, 2.24) is 24.6 Å². The lowest BCUT2D eigenvalue weighted by Crippen LogP contribution is -2.50. The van der Waals surface area contributed by atoms with E-state index in [9.17, 15) is 9.59 Å². The zero-order chi connectivity index (χ0) is 22.9. The number of hydrogen-bond acceptors (Lipinski definition) is 4. The van der Waals surface area contributed by atoms with Crippen molar-refractivity contribution in [2.24, 2.45) is 7.05 Å². The van der Waals surface area contributed by atoms with E-state index in [1.165, 1.54) is 5.56 Å². The van der Waals surface area contributed by atoms with Crippen LogP contribution in [0.4, 0.5) is 0 Å². The molecule has 7 heteroatoms. The molecular weight excluding hydrogens is 414 g/mol. The number of hydrogen-bond donors (Lipinski definition) is 0. The first-order valence-corrected chi connectivity index (χ1v) is 12.0.